The summed E-state index contributed by atoms with van der Waals surface area (Å²) in [6.45, 7) is 9.33. The average Bonchev–Trinajstić information content (AvgIpc) is 2.67. The Bertz CT molecular complexity index is 362. The SMILES string of the molecule is CCCN1CCC(NC2CC(=O)N(C(C)C)C2=O)CC1. The fraction of sp³-hybridized carbons (Fsp3) is 0.867. The lowest BCUT2D eigenvalue weighted by Crippen LogP contribution is -2.49. The van der Waals surface area contributed by atoms with Gasteiger partial charge in [0.25, 0.3) is 0 Å². The molecule has 1 atom stereocenters. The van der Waals surface area contributed by atoms with Gasteiger partial charge in [0, 0.05) is 12.1 Å². The molecule has 5 heteroatoms. The van der Waals surface area contributed by atoms with E-state index in [0.717, 1.165) is 32.5 Å². The zero-order valence-electron chi connectivity index (χ0n) is 12.9. The molecule has 1 unspecified atom stereocenters. The highest BCUT2D eigenvalue weighted by atomic mass is 16.2. The van der Waals surface area contributed by atoms with Crippen molar-refractivity contribution in [1.82, 2.24) is 15.1 Å². The van der Waals surface area contributed by atoms with Gasteiger partial charge in [-0.1, -0.05) is 6.92 Å². The van der Waals surface area contributed by atoms with Crippen LogP contribution in [0.3, 0.4) is 0 Å². The van der Waals surface area contributed by atoms with Gasteiger partial charge in [0.1, 0.15) is 0 Å². The van der Waals surface area contributed by atoms with Crippen LogP contribution >= 0.6 is 0 Å². The van der Waals surface area contributed by atoms with Gasteiger partial charge in [-0.2, -0.15) is 0 Å². The molecule has 2 heterocycles. The fourth-order valence-corrected chi connectivity index (χ4v) is 3.25. The van der Waals surface area contributed by atoms with E-state index in [9.17, 15) is 9.59 Å². The molecule has 2 saturated heterocycles. The van der Waals surface area contributed by atoms with Crippen molar-refractivity contribution in [3.63, 3.8) is 0 Å². The molecule has 0 aromatic rings. The molecule has 2 rings (SSSR count). The van der Waals surface area contributed by atoms with E-state index >= 15 is 0 Å². The molecular formula is C15H27N3O2. The molecule has 2 fully saturated rings. The lowest BCUT2D eigenvalue weighted by molar-refractivity contribution is -0.140. The zero-order valence-corrected chi connectivity index (χ0v) is 12.9. The minimum Gasteiger partial charge on any atom is -0.303 e. The molecule has 0 bridgehead atoms. The van der Waals surface area contributed by atoms with Gasteiger partial charge in [-0.05, 0) is 52.7 Å². The summed E-state index contributed by atoms with van der Waals surface area (Å²) in [5.74, 6) is -0.0769. The third kappa shape index (κ3) is 3.38. The van der Waals surface area contributed by atoms with E-state index in [1.165, 1.54) is 11.3 Å². The third-order valence-corrected chi connectivity index (χ3v) is 4.26. The Kier molecular flexibility index (Phi) is 5.16. The molecule has 2 amide bonds. The van der Waals surface area contributed by atoms with E-state index in [4.69, 9.17) is 0 Å². The van der Waals surface area contributed by atoms with E-state index in [0.29, 0.717) is 12.5 Å². The van der Waals surface area contributed by atoms with E-state index in [1.807, 2.05) is 13.8 Å². The summed E-state index contributed by atoms with van der Waals surface area (Å²) in [4.78, 5) is 28.0. The Hall–Kier alpha value is -0.940. The van der Waals surface area contributed by atoms with Crippen molar-refractivity contribution in [2.45, 2.75) is 64.6 Å². The molecule has 2 aliphatic heterocycles. The monoisotopic (exact) mass is 281 g/mol. The number of carbonyl (C=O) groups excluding carboxylic acids is 2. The normalized spacial score (nSPS) is 26.0. The van der Waals surface area contributed by atoms with Gasteiger partial charge in [0.05, 0.1) is 12.5 Å². The summed E-state index contributed by atoms with van der Waals surface area (Å²) in [6, 6.07) is 0.0396. The number of carbonyl (C=O) groups is 2. The largest absolute Gasteiger partial charge is 0.303 e. The average molecular weight is 281 g/mol. The van der Waals surface area contributed by atoms with Crippen molar-refractivity contribution in [2.75, 3.05) is 19.6 Å². The maximum atomic E-state index is 12.2. The molecule has 0 spiro atoms. The first-order valence-electron chi connectivity index (χ1n) is 7.87. The second kappa shape index (κ2) is 6.68. The summed E-state index contributed by atoms with van der Waals surface area (Å²) < 4.78 is 0. The molecule has 5 nitrogen and oxygen atoms in total. The van der Waals surface area contributed by atoms with Crippen molar-refractivity contribution in [2.24, 2.45) is 0 Å². The van der Waals surface area contributed by atoms with E-state index in [1.54, 1.807) is 0 Å². The van der Waals surface area contributed by atoms with Gasteiger partial charge in [-0.15, -0.1) is 0 Å². The molecule has 0 aliphatic carbocycles. The minimum atomic E-state index is -0.298. The smallest absolute Gasteiger partial charge is 0.247 e. The van der Waals surface area contributed by atoms with E-state index in [2.05, 4.69) is 17.1 Å². The number of imide groups is 1. The summed E-state index contributed by atoms with van der Waals surface area (Å²) >= 11 is 0. The number of nitrogens with zero attached hydrogens (tertiary/aromatic N) is 2. The third-order valence-electron chi connectivity index (χ3n) is 4.26. The first-order chi connectivity index (χ1) is 9.52. The van der Waals surface area contributed by atoms with Crippen LogP contribution in [0.2, 0.25) is 0 Å². The van der Waals surface area contributed by atoms with Crippen LogP contribution in [0.1, 0.15) is 46.5 Å². The standard InChI is InChI=1S/C15H27N3O2/c1-4-7-17-8-5-12(6-9-17)16-13-10-14(19)18(11(2)3)15(13)20/h11-13,16H,4-10H2,1-3H3. The highest BCUT2D eigenvalue weighted by molar-refractivity contribution is 6.05. The van der Waals surface area contributed by atoms with Gasteiger partial charge < -0.3 is 10.2 Å². The summed E-state index contributed by atoms with van der Waals surface area (Å²) in [6.07, 6.45) is 3.66. The topological polar surface area (TPSA) is 52.7 Å². The maximum absolute atomic E-state index is 12.2. The van der Waals surface area contributed by atoms with Crippen molar-refractivity contribution in [3.05, 3.63) is 0 Å². The van der Waals surface area contributed by atoms with Crippen LogP contribution < -0.4 is 5.32 Å². The second-order valence-corrected chi connectivity index (χ2v) is 6.24. The van der Waals surface area contributed by atoms with Crippen LogP contribution in [-0.2, 0) is 9.59 Å². The fourth-order valence-electron chi connectivity index (χ4n) is 3.25. The number of hydrogen-bond acceptors (Lipinski definition) is 4. The number of rotatable bonds is 5. The van der Waals surface area contributed by atoms with Gasteiger partial charge in [0.15, 0.2) is 0 Å². The van der Waals surface area contributed by atoms with Crippen LogP contribution in [-0.4, -0.2) is 59.4 Å². The van der Waals surface area contributed by atoms with Crippen LogP contribution in [0.25, 0.3) is 0 Å². The number of nitrogens with one attached hydrogen (secondary N) is 1. The Balaban J connectivity index is 1.83. The summed E-state index contributed by atoms with van der Waals surface area (Å²) in [5, 5.41) is 3.41. The second-order valence-electron chi connectivity index (χ2n) is 6.24. The lowest BCUT2D eigenvalue weighted by atomic mass is 10.0. The first-order valence-corrected chi connectivity index (χ1v) is 7.87. The van der Waals surface area contributed by atoms with Crippen molar-refractivity contribution >= 4 is 11.8 Å². The highest BCUT2D eigenvalue weighted by Gasteiger charge is 2.40. The quantitative estimate of drug-likeness (QED) is 0.764. The predicted molar refractivity (Wildman–Crippen MR) is 78.3 cm³/mol. The Morgan fingerprint density at radius 1 is 1.25 bits per heavy atom. The van der Waals surface area contributed by atoms with Crippen molar-refractivity contribution < 1.29 is 9.59 Å². The lowest BCUT2D eigenvalue weighted by Gasteiger charge is -2.33. The number of amides is 2. The zero-order chi connectivity index (χ0) is 14.7. The van der Waals surface area contributed by atoms with Gasteiger partial charge in [-0.25, -0.2) is 0 Å². The summed E-state index contributed by atoms with van der Waals surface area (Å²) in [5.41, 5.74) is 0. The molecule has 1 N–H and O–H groups in total. The molecular weight excluding hydrogens is 254 g/mol. The van der Waals surface area contributed by atoms with Crippen LogP contribution in [0.5, 0.6) is 0 Å². The van der Waals surface area contributed by atoms with Crippen LogP contribution in [0.4, 0.5) is 0 Å². The van der Waals surface area contributed by atoms with E-state index < -0.39 is 0 Å². The summed E-state index contributed by atoms with van der Waals surface area (Å²) in [7, 11) is 0. The maximum Gasteiger partial charge on any atom is 0.247 e. The highest BCUT2D eigenvalue weighted by Crippen LogP contribution is 2.19. The van der Waals surface area contributed by atoms with Gasteiger partial charge >= 0.3 is 0 Å². The molecule has 0 aromatic carbocycles. The number of hydrogen-bond donors (Lipinski definition) is 1. The Labute approximate surface area is 121 Å². The van der Waals surface area contributed by atoms with Crippen molar-refractivity contribution in [3.8, 4) is 0 Å². The van der Waals surface area contributed by atoms with Gasteiger partial charge in [-0.3, -0.25) is 14.5 Å². The number of likely N-dealkylation sites (tertiary alicyclic amines) is 2. The molecule has 0 radical (unpaired) electrons. The molecule has 114 valence electrons. The van der Waals surface area contributed by atoms with Crippen LogP contribution in [0.15, 0.2) is 0 Å². The van der Waals surface area contributed by atoms with Crippen molar-refractivity contribution in [1.29, 1.82) is 0 Å². The molecule has 2 aliphatic rings. The van der Waals surface area contributed by atoms with Gasteiger partial charge in [0.2, 0.25) is 11.8 Å². The molecule has 20 heavy (non-hydrogen) atoms. The Morgan fingerprint density at radius 2 is 1.90 bits per heavy atom. The Morgan fingerprint density at radius 3 is 2.40 bits per heavy atom. The predicted octanol–water partition coefficient (Wildman–Crippen LogP) is 0.986. The molecule has 0 saturated carbocycles. The van der Waals surface area contributed by atoms with E-state index in [-0.39, 0.29) is 23.9 Å². The molecule has 0 aromatic heterocycles. The number of piperidine rings is 1. The minimum absolute atomic E-state index is 0.0341. The van der Waals surface area contributed by atoms with Crippen LogP contribution in [0, 0.1) is 0 Å². The first kappa shape index (κ1) is 15.4.